The molecule has 3 N–H and O–H groups in total. The summed E-state index contributed by atoms with van der Waals surface area (Å²) in [5.74, 6) is 0. The van der Waals surface area contributed by atoms with Gasteiger partial charge >= 0.3 is 0 Å². The first-order valence-electron chi connectivity index (χ1n) is 4.72. The zero-order valence-electron chi connectivity index (χ0n) is 8.47. The highest BCUT2D eigenvalue weighted by molar-refractivity contribution is 5.68. The van der Waals surface area contributed by atoms with Crippen LogP contribution in [-0.2, 0) is 6.54 Å². The van der Waals surface area contributed by atoms with Crippen LogP contribution in [0.25, 0.3) is 0 Å². The van der Waals surface area contributed by atoms with E-state index in [9.17, 15) is 0 Å². The van der Waals surface area contributed by atoms with Gasteiger partial charge in [-0.3, -0.25) is 0 Å². The molecule has 0 atom stereocenters. The maximum absolute atomic E-state index is 8.68. The number of benzene rings is 1. The molecule has 0 unspecified atom stereocenters. The molecule has 16 heavy (non-hydrogen) atoms. The van der Waals surface area contributed by atoms with Crippen LogP contribution in [0.3, 0.4) is 0 Å². The standard InChI is InChI=1S/C11H10N4O/c12-6-8-1-2-11(10(13)5-8)14-7-9-3-4-16-15-9/h1-5,14H,7,13H2. The van der Waals surface area contributed by atoms with Gasteiger partial charge in [0.15, 0.2) is 0 Å². The number of hydrogen-bond acceptors (Lipinski definition) is 5. The molecule has 0 saturated heterocycles. The molecule has 0 amide bonds. The normalized spacial score (nSPS) is 9.69. The number of nitriles is 1. The average Bonchev–Trinajstić information content (AvgIpc) is 2.80. The third kappa shape index (κ3) is 2.12. The fraction of sp³-hybridized carbons (Fsp3) is 0.0909. The van der Waals surface area contributed by atoms with Crippen molar-refractivity contribution < 1.29 is 4.52 Å². The summed E-state index contributed by atoms with van der Waals surface area (Å²) in [5, 5.41) is 15.6. The molecule has 80 valence electrons. The van der Waals surface area contributed by atoms with E-state index in [2.05, 4.69) is 10.5 Å². The van der Waals surface area contributed by atoms with Crippen molar-refractivity contribution in [2.75, 3.05) is 11.1 Å². The van der Waals surface area contributed by atoms with E-state index >= 15 is 0 Å². The Morgan fingerprint density at radius 3 is 2.94 bits per heavy atom. The van der Waals surface area contributed by atoms with E-state index in [1.54, 1.807) is 24.3 Å². The SMILES string of the molecule is N#Cc1ccc(NCc2ccon2)c(N)c1. The Morgan fingerprint density at radius 2 is 2.31 bits per heavy atom. The summed E-state index contributed by atoms with van der Waals surface area (Å²) in [6, 6.07) is 8.91. The van der Waals surface area contributed by atoms with Crippen LogP contribution in [0.5, 0.6) is 0 Å². The summed E-state index contributed by atoms with van der Waals surface area (Å²) in [4.78, 5) is 0. The summed E-state index contributed by atoms with van der Waals surface area (Å²) in [6.45, 7) is 0.534. The number of nitrogens with one attached hydrogen (secondary N) is 1. The Morgan fingerprint density at radius 1 is 1.44 bits per heavy atom. The van der Waals surface area contributed by atoms with Gasteiger partial charge in [-0.25, -0.2) is 0 Å². The van der Waals surface area contributed by atoms with Gasteiger partial charge in [-0.1, -0.05) is 5.16 Å². The molecule has 0 aliphatic carbocycles. The van der Waals surface area contributed by atoms with Gasteiger partial charge in [0.2, 0.25) is 0 Å². The van der Waals surface area contributed by atoms with E-state index in [1.165, 1.54) is 6.26 Å². The molecule has 5 nitrogen and oxygen atoms in total. The fourth-order valence-corrected chi connectivity index (χ4v) is 1.31. The predicted molar refractivity (Wildman–Crippen MR) is 59.4 cm³/mol. The first-order chi connectivity index (χ1) is 7.79. The highest BCUT2D eigenvalue weighted by Gasteiger charge is 2.01. The largest absolute Gasteiger partial charge is 0.397 e. The number of rotatable bonds is 3. The summed E-state index contributed by atoms with van der Waals surface area (Å²) >= 11 is 0. The van der Waals surface area contributed by atoms with Gasteiger partial charge in [0.25, 0.3) is 0 Å². The molecule has 1 aromatic carbocycles. The Hall–Kier alpha value is -2.48. The number of nitrogens with zero attached hydrogens (tertiary/aromatic N) is 2. The van der Waals surface area contributed by atoms with E-state index in [0.717, 1.165) is 11.4 Å². The number of nitrogens with two attached hydrogens (primary N) is 1. The minimum absolute atomic E-state index is 0.534. The van der Waals surface area contributed by atoms with Crippen molar-refractivity contribution in [2.45, 2.75) is 6.54 Å². The lowest BCUT2D eigenvalue weighted by molar-refractivity contribution is 0.412. The lowest BCUT2D eigenvalue weighted by Crippen LogP contribution is -2.02. The minimum Gasteiger partial charge on any atom is -0.397 e. The van der Waals surface area contributed by atoms with E-state index < -0.39 is 0 Å². The van der Waals surface area contributed by atoms with Gasteiger partial charge in [0, 0.05) is 6.07 Å². The summed E-state index contributed by atoms with van der Waals surface area (Å²) < 4.78 is 4.71. The molecule has 5 heteroatoms. The zero-order valence-corrected chi connectivity index (χ0v) is 8.47. The second kappa shape index (κ2) is 4.36. The van der Waals surface area contributed by atoms with Crippen molar-refractivity contribution in [3.05, 3.63) is 41.8 Å². The van der Waals surface area contributed by atoms with Crippen molar-refractivity contribution in [1.82, 2.24) is 5.16 Å². The summed E-state index contributed by atoms with van der Waals surface area (Å²) in [6.07, 6.45) is 1.51. The van der Waals surface area contributed by atoms with Gasteiger partial charge in [0.05, 0.1) is 29.6 Å². The molecule has 0 saturated carbocycles. The summed E-state index contributed by atoms with van der Waals surface area (Å²) in [5.41, 5.74) is 8.44. The molecular weight excluding hydrogens is 204 g/mol. The van der Waals surface area contributed by atoms with E-state index in [0.29, 0.717) is 17.8 Å². The average molecular weight is 214 g/mol. The third-order valence-electron chi connectivity index (χ3n) is 2.13. The van der Waals surface area contributed by atoms with Crippen LogP contribution in [0.4, 0.5) is 11.4 Å². The topological polar surface area (TPSA) is 87.9 Å². The van der Waals surface area contributed by atoms with Crippen LogP contribution in [0.1, 0.15) is 11.3 Å². The van der Waals surface area contributed by atoms with Gasteiger partial charge in [-0.05, 0) is 18.2 Å². The van der Waals surface area contributed by atoms with Crippen LogP contribution in [0.2, 0.25) is 0 Å². The van der Waals surface area contributed by atoms with Crippen molar-refractivity contribution in [1.29, 1.82) is 5.26 Å². The van der Waals surface area contributed by atoms with Crippen molar-refractivity contribution in [3.8, 4) is 6.07 Å². The number of nitrogen functional groups attached to an aromatic ring is 1. The maximum Gasteiger partial charge on any atom is 0.124 e. The number of anilines is 2. The first-order valence-corrected chi connectivity index (χ1v) is 4.72. The van der Waals surface area contributed by atoms with Crippen molar-refractivity contribution in [2.24, 2.45) is 0 Å². The lowest BCUT2D eigenvalue weighted by atomic mass is 10.2. The molecule has 2 aromatic rings. The van der Waals surface area contributed by atoms with Crippen molar-refractivity contribution >= 4 is 11.4 Å². The molecule has 1 heterocycles. The maximum atomic E-state index is 8.68. The lowest BCUT2D eigenvalue weighted by Gasteiger charge is -2.07. The van der Waals surface area contributed by atoms with Crippen LogP contribution in [0, 0.1) is 11.3 Å². The molecule has 0 fully saturated rings. The third-order valence-corrected chi connectivity index (χ3v) is 2.13. The van der Waals surface area contributed by atoms with Crippen LogP contribution in [-0.4, -0.2) is 5.16 Å². The van der Waals surface area contributed by atoms with Crippen LogP contribution >= 0.6 is 0 Å². The number of hydrogen-bond donors (Lipinski definition) is 2. The Balaban J connectivity index is 2.08. The number of aromatic nitrogens is 1. The molecule has 1 aromatic heterocycles. The van der Waals surface area contributed by atoms with Gasteiger partial charge < -0.3 is 15.6 Å². The zero-order chi connectivity index (χ0) is 11.4. The Bertz CT molecular complexity index is 513. The first kappa shape index (κ1) is 10.1. The smallest absolute Gasteiger partial charge is 0.124 e. The molecule has 0 bridgehead atoms. The van der Waals surface area contributed by atoms with Crippen LogP contribution in [0.15, 0.2) is 35.1 Å². The van der Waals surface area contributed by atoms with Gasteiger partial charge in [-0.15, -0.1) is 0 Å². The Kier molecular flexibility index (Phi) is 2.74. The molecule has 0 aliphatic rings. The van der Waals surface area contributed by atoms with Crippen molar-refractivity contribution in [3.63, 3.8) is 0 Å². The van der Waals surface area contributed by atoms with E-state index in [-0.39, 0.29) is 0 Å². The Labute approximate surface area is 92.5 Å². The second-order valence-electron chi connectivity index (χ2n) is 3.26. The quantitative estimate of drug-likeness (QED) is 0.760. The fourth-order valence-electron chi connectivity index (χ4n) is 1.31. The molecule has 2 rings (SSSR count). The second-order valence-corrected chi connectivity index (χ2v) is 3.26. The van der Waals surface area contributed by atoms with E-state index in [4.69, 9.17) is 15.5 Å². The van der Waals surface area contributed by atoms with Gasteiger partial charge in [0.1, 0.15) is 12.0 Å². The molecule has 0 aliphatic heterocycles. The molecule has 0 spiro atoms. The molecule has 0 radical (unpaired) electrons. The molecular formula is C11H10N4O. The van der Waals surface area contributed by atoms with Crippen LogP contribution < -0.4 is 11.1 Å². The highest BCUT2D eigenvalue weighted by Crippen LogP contribution is 2.19. The summed E-state index contributed by atoms with van der Waals surface area (Å²) in [7, 11) is 0. The monoisotopic (exact) mass is 214 g/mol. The minimum atomic E-state index is 0.534. The van der Waals surface area contributed by atoms with E-state index in [1.807, 2.05) is 6.07 Å². The van der Waals surface area contributed by atoms with Gasteiger partial charge in [-0.2, -0.15) is 5.26 Å². The highest BCUT2D eigenvalue weighted by atomic mass is 16.5. The predicted octanol–water partition coefficient (Wildman–Crippen LogP) is 1.74.